The van der Waals surface area contributed by atoms with Gasteiger partial charge in [0.15, 0.2) is 0 Å². The van der Waals surface area contributed by atoms with E-state index >= 15 is 0 Å². The molecule has 1 heterocycles. The minimum Gasteiger partial charge on any atom is -0.381 e. The summed E-state index contributed by atoms with van der Waals surface area (Å²) in [5.41, 5.74) is 0. The van der Waals surface area contributed by atoms with E-state index in [4.69, 9.17) is 8.92 Å². The standard InChI is InChI=1S/C12H16O4S/c13-17(14,12-4-2-1-3-5-12)16-10-11-6-8-15-9-7-11/h1-5,11H,6-10H2. The summed E-state index contributed by atoms with van der Waals surface area (Å²) in [7, 11) is -3.60. The molecule has 0 aromatic heterocycles. The van der Waals surface area contributed by atoms with E-state index in [1.165, 1.54) is 0 Å². The Morgan fingerprint density at radius 2 is 1.82 bits per heavy atom. The van der Waals surface area contributed by atoms with E-state index in [2.05, 4.69) is 0 Å². The van der Waals surface area contributed by atoms with Crippen molar-refractivity contribution in [2.75, 3.05) is 19.8 Å². The molecular formula is C12H16O4S. The molecule has 1 aromatic rings. The second-order valence-corrected chi connectivity index (χ2v) is 5.72. The lowest BCUT2D eigenvalue weighted by Crippen LogP contribution is -2.22. The highest BCUT2D eigenvalue weighted by Gasteiger charge is 2.19. The molecule has 17 heavy (non-hydrogen) atoms. The van der Waals surface area contributed by atoms with Gasteiger partial charge in [-0.25, -0.2) is 0 Å². The molecule has 1 aliphatic rings. The summed E-state index contributed by atoms with van der Waals surface area (Å²) in [6.07, 6.45) is 1.73. The lowest BCUT2D eigenvalue weighted by Gasteiger charge is -2.21. The van der Waals surface area contributed by atoms with Gasteiger partial charge in [-0.15, -0.1) is 0 Å². The second kappa shape index (κ2) is 5.62. The van der Waals surface area contributed by atoms with Crippen LogP contribution in [0.1, 0.15) is 12.8 Å². The van der Waals surface area contributed by atoms with Gasteiger partial charge in [0, 0.05) is 13.2 Å². The van der Waals surface area contributed by atoms with Crippen LogP contribution in [-0.2, 0) is 19.0 Å². The first-order chi connectivity index (χ1) is 8.18. The fourth-order valence-electron chi connectivity index (χ4n) is 1.75. The van der Waals surface area contributed by atoms with E-state index in [9.17, 15) is 8.42 Å². The number of benzene rings is 1. The first-order valence-electron chi connectivity index (χ1n) is 5.71. The Kier molecular flexibility index (Phi) is 4.15. The van der Waals surface area contributed by atoms with Gasteiger partial charge < -0.3 is 4.74 Å². The lowest BCUT2D eigenvalue weighted by atomic mass is 10.0. The van der Waals surface area contributed by atoms with E-state index in [0.717, 1.165) is 12.8 Å². The summed E-state index contributed by atoms with van der Waals surface area (Å²) in [6.45, 7) is 1.64. The largest absolute Gasteiger partial charge is 0.381 e. The molecule has 1 aromatic carbocycles. The molecule has 0 unspecified atom stereocenters. The van der Waals surface area contributed by atoms with Crippen LogP contribution < -0.4 is 0 Å². The molecule has 1 saturated heterocycles. The molecule has 0 spiro atoms. The van der Waals surface area contributed by atoms with Crippen LogP contribution in [0.15, 0.2) is 35.2 Å². The van der Waals surface area contributed by atoms with E-state index in [1.54, 1.807) is 30.3 Å². The van der Waals surface area contributed by atoms with Gasteiger partial charge in [0.1, 0.15) is 0 Å². The Morgan fingerprint density at radius 1 is 1.18 bits per heavy atom. The predicted molar refractivity (Wildman–Crippen MR) is 63.1 cm³/mol. The Hall–Kier alpha value is -0.910. The average molecular weight is 256 g/mol. The Morgan fingerprint density at radius 3 is 2.47 bits per heavy atom. The molecular weight excluding hydrogens is 240 g/mol. The van der Waals surface area contributed by atoms with Crippen LogP contribution in [0.25, 0.3) is 0 Å². The van der Waals surface area contributed by atoms with Crippen molar-refractivity contribution in [1.29, 1.82) is 0 Å². The van der Waals surface area contributed by atoms with Gasteiger partial charge in [-0.3, -0.25) is 4.18 Å². The highest BCUT2D eigenvalue weighted by molar-refractivity contribution is 7.86. The summed E-state index contributed by atoms with van der Waals surface area (Å²) in [4.78, 5) is 0.215. The molecule has 0 radical (unpaired) electrons. The van der Waals surface area contributed by atoms with Crippen molar-refractivity contribution in [3.05, 3.63) is 30.3 Å². The van der Waals surface area contributed by atoms with E-state index in [1.807, 2.05) is 0 Å². The van der Waals surface area contributed by atoms with Gasteiger partial charge in [-0.1, -0.05) is 18.2 Å². The number of hydrogen-bond acceptors (Lipinski definition) is 4. The summed E-state index contributed by atoms with van der Waals surface area (Å²) >= 11 is 0. The zero-order valence-electron chi connectivity index (χ0n) is 9.54. The normalized spacial score (nSPS) is 18.1. The maximum absolute atomic E-state index is 11.8. The molecule has 2 rings (SSSR count). The van der Waals surface area contributed by atoms with Crippen LogP contribution in [0, 0.1) is 5.92 Å². The van der Waals surface area contributed by atoms with Gasteiger partial charge in [0.2, 0.25) is 0 Å². The molecule has 0 aliphatic carbocycles. The van der Waals surface area contributed by atoms with Crippen LogP contribution in [0.5, 0.6) is 0 Å². The number of hydrogen-bond donors (Lipinski definition) is 0. The zero-order valence-corrected chi connectivity index (χ0v) is 10.4. The minimum absolute atomic E-state index is 0.215. The van der Waals surface area contributed by atoms with Crippen molar-refractivity contribution in [3.8, 4) is 0 Å². The molecule has 0 saturated carbocycles. The molecule has 94 valence electrons. The first-order valence-corrected chi connectivity index (χ1v) is 7.11. The van der Waals surface area contributed by atoms with Gasteiger partial charge >= 0.3 is 0 Å². The van der Waals surface area contributed by atoms with E-state index in [0.29, 0.717) is 13.2 Å². The first kappa shape index (κ1) is 12.5. The fourth-order valence-corrected chi connectivity index (χ4v) is 2.75. The smallest absolute Gasteiger partial charge is 0.296 e. The summed E-state index contributed by atoms with van der Waals surface area (Å²) in [5.74, 6) is 0.280. The molecule has 0 amide bonds. The van der Waals surface area contributed by atoms with Crippen molar-refractivity contribution in [2.24, 2.45) is 5.92 Å². The summed E-state index contributed by atoms with van der Waals surface area (Å²) in [5, 5.41) is 0. The topological polar surface area (TPSA) is 52.6 Å². The van der Waals surface area contributed by atoms with E-state index < -0.39 is 10.1 Å². The molecule has 5 heteroatoms. The Bertz CT molecular complexity index is 435. The minimum atomic E-state index is -3.60. The lowest BCUT2D eigenvalue weighted by molar-refractivity contribution is 0.0507. The van der Waals surface area contributed by atoms with Gasteiger partial charge in [0.25, 0.3) is 10.1 Å². The average Bonchev–Trinajstić information content (AvgIpc) is 2.39. The monoisotopic (exact) mass is 256 g/mol. The highest BCUT2D eigenvalue weighted by Crippen LogP contribution is 2.18. The van der Waals surface area contributed by atoms with Crippen molar-refractivity contribution < 1.29 is 17.3 Å². The van der Waals surface area contributed by atoms with Gasteiger partial charge in [-0.2, -0.15) is 8.42 Å². The summed E-state index contributed by atoms with van der Waals surface area (Å²) < 4.78 is 33.9. The second-order valence-electron chi connectivity index (χ2n) is 4.11. The Labute approximate surface area is 102 Å². The van der Waals surface area contributed by atoms with Crippen LogP contribution in [-0.4, -0.2) is 28.2 Å². The Balaban J connectivity index is 1.94. The van der Waals surface area contributed by atoms with Crippen LogP contribution >= 0.6 is 0 Å². The third kappa shape index (κ3) is 3.52. The van der Waals surface area contributed by atoms with Gasteiger partial charge in [0.05, 0.1) is 11.5 Å². The molecule has 0 N–H and O–H groups in total. The molecule has 1 fully saturated rings. The third-order valence-electron chi connectivity index (χ3n) is 2.83. The van der Waals surface area contributed by atoms with Crippen LogP contribution in [0.3, 0.4) is 0 Å². The molecule has 1 aliphatic heterocycles. The molecule has 0 bridgehead atoms. The van der Waals surface area contributed by atoms with Crippen molar-refractivity contribution in [3.63, 3.8) is 0 Å². The van der Waals surface area contributed by atoms with Crippen LogP contribution in [0.2, 0.25) is 0 Å². The van der Waals surface area contributed by atoms with Crippen molar-refractivity contribution in [2.45, 2.75) is 17.7 Å². The molecule has 0 atom stereocenters. The maximum Gasteiger partial charge on any atom is 0.296 e. The van der Waals surface area contributed by atoms with E-state index in [-0.39, 0.29) is 17.4 Å². The maximum atomic E-state index is 11.8. The summed E-state index contributed by atoms with van der Waals surface area (Å²) in [6, 6.07) is 8.23. The quantitative estimate of drug-likeness (QED) is 0.771. The number of rotatable bonds is 4. The van der Waals surface area contributed by atoms with Crippen molar-refractivity contribution >= 4 is 10.1 Å². The highest BCUT2D eigenvalue weighted by atomic mass is 32.2. The van der Waals surface area contributed by atoms with Crippen molar-refractivity contribution in [1.82, 2.24) is 0 Å². The van der Waals surface area contributed by atoms with Crippen LogP contribution in [0.4, 0.5) is 0 Å². The predicted octanol–water partition coefficient (Wildman–Crippen LogP) is 1.82. The fraction of sp³-hybridized carbons (Fsp3) is 0.500. The SMILES string of the molecule is O=S(=O)(OCC1CCOCC1)c1ccccc1. The number of ether oxygens (including phenoxy) is 1. The molecule has 4 nitrogen and oxygen atoms in total. The van der Waals surface area contributed by atoms with Gasteiger partial charge in [-0.05, 0) is 30.9 Å². The zero-order chi connectivity index (χ0) is 12.1. The third-order valence-corrected chi connectivity index (χ3v) is 4.13.